The minimum atomic E-state index is -0.290. The largest absolute Gasteiger partial charge is 0.493 e. The number of benzene rings is 2. The quantitative estimate of drug-likeness (QED) is 0.602. The highest BCUT2D eigenvalue weighted by atomic mass is 19.1. The Bertz CT molecular complexity index is 1020. The number of aromatic amines is 1. The highest BCUT2D eigenvalue weighted by molar-refractivity contribution is 5.83. The van der Waals surface area contributed by atoms with Gasteiger partial charge >= 0.3 is 0 Å². The first-order valence-electron chi connectivity index (χ1n) is 7.21. The standard InChI is InChI=1S/C16H14FN5O2/c1-23-13-7-11-12(8-14(13)24-2)22-16(19-11)20-15(21-22)18-10-5-3-9(17)4-6-10/h3-8H,1-2H3,(H2,18,19,20,21). The molecular weight excluding hydrogens is 313 g/mol. The molecule has 2 aromatic heterocycles. The molecule has 0 spiro atoms. The van der Waals surface area contributed by atoms with Crippen molar-refractivity contribution in [2.24, 2.45) is 0 Å². The summed E-state index contributed by atoms with van der Waals surface area (Å²) in [6.07, 6.45) is 0. The highest BCUT2D eigenvalue weighted by Gasteiger charge is 2.14. The van der Waals surface area contributed by atoms with E-state index in [9.17, 15) is 4.39 Å². The number of fused-ring (bicyclic) bond motifs is 3. The lowest BCUT2D eigenvalue weighted by atomic mass is 10.3. The summed E-state index contributed by atoms with van der Waals surface area (Å²) in [4.78, 5) is 8.85. The first-order chi connectivity index (χ1) is 11.7. The average molecular weight is 327 g/mol. The lowest BCUT2D eigenvalue weighted by molar-refractivity contribution is 0.355. The monoisotopic (exact) mass is 327 g/mol. The summed E-state index contributed by atoms with van der Waals surface area (Å²) in [5.74, 6) is 1.93. The van der Waals surface area contributed by atoms with Crippen LogP contribution in [-0.4, -0.2) is 33.8 Å². The van der Waals surface area contributed by atoms with Crippen molar-refractivity contribution in [3.63, 3.8) is 0 Å². The topological polar surface area (TPSA) is 76.5 Å². The van der Waals surface area contributed by atoms with Gasteiger partial charge in [-0.1, -0.05) is 0 Å². The molecular formula is C16H14FN5O2. The molecule has 0 aliphatic heterocycles. The molecule has 0 radical (unpaired) electrons. The van der Waals surface area contributed by atoms with E-state index in [1.165, 1.54) is 12.1 Å². The molecule has 2 N–H and O–H groups in total. The van der Waals surface area contributed by atoms with Crippen LogP contribution in [0.15, 0.2) is 36.4 Å². The van der Waals surface area contributed by atoms with E-state index in [4.69, 9.17) is 9.47 Å². The summed E-state index contributed by atoms with van der Waals surface area (Å²) in [6, 6.07) is 9.64. The van der Waals surface area contributed by atoms with Gasteiger partial charge in [0.1, 0.15) is 5.82 Å². The number of hydrogen-bond donors (Lipinski definition) is 2. The number of nitrogens with zero attached hydrogens (tertiary/aromatic N) is 3. The SMILES string of the molecule is COc1cc2nc3nc(Nc4ccc(F)cc4)[nH]n3c2cc1OC. The Morgan fingerprint density at radius 3 is 2.46 bits per heavy atom. The number of nitrogens with one attached hydrogen (secondary N) is 2. The van der Waals surface area contributed by atoms with Crippen LogP contribution in [0.4, 0.5) is 16.0 Å². The van der Waals surface area contributed by atoms with Crippen molar-refractivity contribution in [1.29, 1.82) is 0 Å². The minimum absolute atomic E-state index is 0.290. The molecule has 122 valence electrons. The lowest BCUT2D eigenvalue weighted by Crippen LogP contribution is -1.94. The van der Waals surface area contributed by atoms with Gasteiger partial charge in [-0.2, -0.15) is 4.98 Å². The third kappa shape index (κ3) is 2.28. The molecule has 7 nitrogen and oxygen atoms in total. The van der Waals surface area contributed by atoms with E-state index >= 15 is 0 Å². The van der Waals surface area contributed by atoms with Gasteiger partial charge in [0.25, 0.3) is 5.78 Å². The number of hydrogen-bond acceptors (Lipinski definition) is 5. The Morgan fingerprint density at radius 2 is 1.75 bits per heavy atom. The van der Waals surface area contributed by atoms with Crippen molar-refractivity contribution in [3.8, 4) is 11.5 Å². The molecule has 0 saturated carbocycles. The summed E-state index contributed by atoms with van der Waals surface area (Å²) in [7, 11) is 3.16. The van der Waals surface area contributed by atoms with Crippen molar-refractivity contribution in [1.82, 2.24) is 19.6 Å². The zero-order chi connectivity index (χ0) is 16.7. The number of anilines is 2. The van der Waals surface area contributed by atoms with Crippen LogP contribution in [0.3, 0.4) is 0 Å². The normalized spacial score (nSPS) is 11.1. The van der Waals surface area contributed by atoms with Gasteiger partial charge in [0.05, 0.1) is 25.3 Å². The Balaban J connectivity index is 1.76. The second kappa shape index (κ2) is 5.41. The average Bonchev–Trinajstić information content (AvgIpc) is 3.12. The predicted molar refractivity (Wildman–Crippen MR) is 87.6 cm³/mol. The highest BCUT2D eigenvalue weighted by Crippen LogP contribution is 2.32. The van der Waals surface area contributed by atoms with E-state index in [2.05, 4.69) is 20.4 Å². The van der Waals surface area contributed by atoms with E-state index in [1.807, 2.05) is 6.07 Å². The van der Waals surface area contributed by atoms with Crippen LogP contribution < -0.4 is 14.8 Å². The van der Waals surface area contributed by atoms with Gasteiger partial charge in [-0.15, -0.1) is 0 Å². The molecule has 2 heterocycles. The van der Waals surface area contributed by atoms with Gasteiger partial charge in [-0.25, -0.2) is 13.9 Å². The summed E-state index contributed by atoms with van der Waals surface area (Å²) in [5, 5.41) is 6.18. The summed E-state index contributed by atoms with van der Waals surface area (Å²) < 4.78 is 25.3. The van der Waals surface area contributed by atoms with Gasteiger partial charge in [0.2, 0.25) is 5.95 Å². The molecule has 0 fully saturated rings. The second-order valence-corrected chi connectivity index (χ2v) is 5.15. The van der Waals surface area contributed by atoms with Crippen molar-refractivity contribution in [2.75, 3.05) is 19.5 Å². The zero-order valence-electron chi connectivity index (χ0n) is 13.0. The van der Waals surface area contributed by atoms with Gasteiger partial charge in [-0.3, -0.25) is 5.10 Å². The molecule has 24 heavy (non-hydrogen) atoms. The molecule has 4 aromatic rings. The number of halogens is 1. The maximum atomic E-state index is 13.0. The lowest BCUT2D eigenvalue weighted by Gasteiger charge is -2.06. The number of methoxy groups -OCH3 is 2. The van der Waals surface area contributed by atoms with Gasteiger partial charge in [-0.05, 0) is 24.3 Å². The number of H-pyrrole nitrogens is 1. The van der Waals surface area contributed by atoms with E-state index in [1.54, 1.807) is 36.9 Å². The molecule has 0 aliphatic carbocycles. The van der Waals surface area contributed by atoms with Crippen LogP contribution in [0.5, 0.6) is 11.5 Å². The van der Waals surface area contributed by atoms with Crippen molar-refractivity contribution in [3.05, 3.63) is 42.2 Å². The first kappa shape index (κ1) is 14.3. The van der Waals surface area contributed by atoms with Crippen LogP contribution in [0.1, 0.15) is 0 Å². The second-order valence-electron chi connectivity index (χ2n) is 5.15. The van der Waals surface area contributed by atoms with Gasteiger partial charge in [0, 0.05) is 17.8 Å². The van der Waals surface area contributed by atoms with Gasteiger partial charge in [0.15, 0.2) is 11.5 Å². The smallest absolute Gasteiger partial charge is 0.253 e. The fraction of sp³-hybridized carbons (Fsp3) is 0.125. The predicted octanol–water partition coefficient (Wildman–Crippen LogP) is 3.11. The molecule has 0 unspecified atom stereocenters. The van der Waals surface area contributed by atoms with Crippen molar-refractivity contribution < 1.29 is 13.9 Å². The van der Waals surface area contributed by atoms with E-state index < -0.39 is 0 Å². The van der Waals surface area contributed by atoms with Crippen LogP contribution in [0, 0.1) is 5.82 Å². The minimum Gasteiger partial charge on any atom is -0.493 e. The molecule has 0 amide bonds. The molecule has 2 aromatic carbocycles. The molecule has 8 heteroatoms. The maximum Gasteiger partial charge on any atom is 0.253 e. The summed E-state index contributed by atoms with van der Waals surface area (Å²) >= 11 is 0. The van der Waals surface area contributed by atoms with E-state index in [0.29, 0.717) is 23.2 Å². The van der Waals surface area contributed by atoms with Crippen molar-refractivity contribution in [2.45, 2.75) is 0 Å². The number of rotatable bonds is 4. The van der Waals surface area contributed by atoms with E-state index in [-0.39, 0.29) is 5.82 Å². The maximum absolute atomic E-state index is 13.0. The van der Waals surface area contributed by atoms with Crippen LogP contribution in [-0.2, 0) is 0 Å². The molecule has 4 rings (SSSR count). The van der Waals surface area contributed by atoms with Crippen molar-refractivity contribution >= 4 is 28.4 Å². The Hall–Kier alpha value is -3.29. The zero-order valence-corrected chi connectivity index (χ0v) is 13.0. The fourth-order valence-electron chi connectivity index (χ4n) is 2.53. The summed E-state index contributed by atoms with van der Waals surface area (Å²) in [6.45, 7) is 0. The third-order valence-corrected chi connectivity index (χ3v) is 3.68. The fourth-order valence-corrected chi connectivity index (χ4v) is 2.53. The van der Waals surface area contributed by atoms with E-state index in [0.717, 1.165) is 16.7 Å². The number of aromatic nitrogens is 4. The van der Waals surface area contributed by atoms with Crippen LogP contribution in [0.2, 0.25) is 0 Å². The molecule has 0 aliphatic rings. The molecule has 0 saturated heterocycles. The molecule has 0 bridgehead atoms. The Morgan fingerprint density at radius 1 is 1.04 bits per heavy atom. The third-order valence-electron chi connectivity index (χ3n) is 3.68. The Labute approximate surface area is 136 Å². The van der Waals surface area contributed by atoms with Gasteiger partial charge < -0.3 is 14.8 Å². The Kier molecular flexibility index (Phi) is 3.23. The van der Waals surface area contributed by atoms with Crippen LogP contribution >= 0.6 is 0 Å². The van der Waals surface area contributed by atoms with Crippen LogP contribution in [0.25, 0.3) is 16.8 Å². The number of ether oxygens (including phenoxy) is 2. The first-order valence-corrected chi connectivity index (χ1v) is 7.21. The molecule has 0 atom stereocenters. The summed E-state index contributed by atoms with van der Waals surface area (Å²) in [5.41, 5.74) is 2.26. The number of imidazole rings is 1.